The van der Waals surface area contributed by atoms with Crippen LogP contribution >= 0.6 is 0 Å². The van der Waals surface area contributed by atoms with Gasteiger partial charge in [-0.1, -0.05) is 179 Å². The first kappa shape index (κ1) is 50.2. The van der Waals surface area contributed by atoms with Crippen LogP contribution in [0, 0.1) is 0 Å². The summed E-state index contributed by atoms with van der Waals surface area (Å²) in [6.07, 6.45) is 57.5. The number of hydrogen-bond acceptors (Lipinski definition) is 3. The van der Waals surface area contributed by atoms with Gasteiger partial charge in [-0.2, -0.15) is 0 Å². The van der Waals surface area contributed by atoms with Crippen LogP contribution in [0.2, 0.25) is 0 Å². The third-order valence-electron chi connectivity index (χ3n) is 10.3. The summed E-state index contributed by atoms with van der Waals surface area (Å²) in [6, 6.07) is 0. The Morgan fingerprint density at radius 1 is 0.423 bits per heavy atom. The Labute approximate surface area is 324 Å². The fraction of sp³-hybridized carbons (Fsp3) is 0.833. The van der Waals surface area contributed by atoms with Crippen molar-refractivity contribution < 1.29 is 19.4 Å². The molecule has 0 aromatic heterocycles. The van der Waals surface area contributed by atoms with Crippen molar-refractivity contribution >= 4 is 11.9 Å². The molecule has 0 heterocycles. The highest BCUT2D eigenvalue weighted by Crippen LogP contribution is 2.19. The van der Waals surface area contributed by atoms with Crippen LogP contribution in [0.5, 0.6) is 0 Å². The van der Waals surface area contributed by atoms with Crippen LogP contribution in [0.15, 0.2) is 36.5 Å². The molecule has 0 aromatic rings. The molecule has 0 amide bonds. The van der Waals surface area contributed by atoms with Crippen molar-refractivity contribution in [2.24, 2.45) is 0 Å². The van der Waals surface area contributed by atoms with Crippen LogP contribution in [0.25, 0.3) is 0 Å². The zero-order valence-corrected chi connectivity index (χ0v) is 34.9. The highest BCUT2D eigenvalue weighted by atomic mass is 16.5. The van der Waals surface area contributed by atoms with E-state index in [1.807, 2.05) is 0 Å². The van der Waals surface area contributed by atoms with Crippen LogP contribution in [-0.4, -0.2) is 23.1 Å². The predicted molar refractivity (Wildman–Crippen MR) is 227 cm³/mol. The fourth-order valence-electron chi connectivity index (χ4n) is 6.92. The van der Waals surface area contributed by atoms with E-state index in [4.69, 9.17) is 9.84 Å². The molecule has 0 spiro atoms. The van der Waals surface area contributed by atoms with E-state index < -0.39 is 5.97 Å². The number of aliphatic carboxylic acids is 1. The summed E-state index contributed by atoms with van der Waals surface area (Å²) >= 11 is 0. The monoisotopic (exact) mass is 729 g/mol. The lowest BCUT2D eigenvalue weighted by atomic mass is 10.0. The lowest BCUT2D eigenvalue weighted by Crippen LogP contribution is -2.18. The van der Waals surface area contributed by atoms with E-state index in [0.717, 1.165) is 77.0 Å². The molecule has 52 heavy (non-hydrogen) atoms. The number of esters is 1. The normalized spacial score (nSPS) is 12.5. The quantitative estimate of drug-likeness (QED) is 0.0386. The first-order valence-corrected chi connectivity index (χ1v) is 23.0. The van der Waals surface area contributed by atoms with Crippen molar-refractivity contribution in [1.29, 1.82) is 0 Å². The van der Waals surface area contributed by atoms with Crippen molar-refractivity contribution in [3.8, 4) is 0 Å². The van der Waals surface area contributed by atoms with Crippen molar-refractivity contribution in [2.45, 2.75) is 258 Å². The lowest BCUT2D eigenvalue weighted by molar-refractivity contribution is -0.150. The smallest absolute Gasteiger partial charge is 0.306 e. The Bertz CT molecular complexity index is 828. The van der Waals surface area contributed by atoms with Gasteiger partial charge >= 0.3 is 11.9 Å². The molecule has 0 aromatic carbocycles. The number of unbranched alkanes of at least 4 members (excludes halogenated alkanes) is 27. The van der Waals surface area contributed by atoms with E-state index >= 15 is 0 Å². The summed E-state index contributed by atoms with van der Waals surface area (Å²) in [5.74, 6) is -0.687. The summed E-state index contributed by atoms with van der Waals surface area (Å²) in [5, 5.41) is 8.82. The van der Waals surface area contributed by atoms with Crippen LogP contribution in [0.3, 0.4) is 0 Å². The molecule has 0 aliphatic carbocycles. The van der Waals surface area contributed by atoms with Gasteiger partial charge in [-0.15, -0.1) is 0 Å². The largest absolute Gasteiger partial charge is 0.481 e. The van der Waals surface area contributed by atoms with Gasteiger partial charge < -0.3 is 9.84 Å². The third-order valence-corrected chi connectivity index (χ3v) is 10.3. The zero-order valence-electron chi connectivity index (χ0n) is 34.9. The molecule has 0 bridgehead atoms. The Hall–Kier alpha value is -1.84. The predicted octanol–water partition coefficient (Wildman–Crippen LogP) is 16.1. The minimum absolute atomic E-state index is 0.00525. The Kier molecular flexibility index (Phi) is 42.0. The molecule has 0 fully saturated rings. The average molecular weight is 729 g/mol. The number of carbonyl (C=O) groups is 2. The summed E-state index contributed by atoms with van der Waals surface area (Å²) < 4.78 is 6.05. The highest BCUT2D eigenvalue weighted by Gasteiger charge is 2.14. The Morgan fingerprint density at radius 3 is 1.21 bits per heavy atom. The minimum Gasteiger partial charge on any atom is -0.481 e. The number of carboxylic acids is 1. The van der Waals surface area contributed by atoms with E-state index in [1.165, 1.54) is 148 Å². The highest BCUT2D eigenvalue weighted by molar-refractivity contribution is 5.69. The summed E-state index contributed by atoms with van der Waals surface area (Å²) in [5.41, 5.74) is 0. The topological polar surface area (TPSA) is 63.6 Å². The standard InChI is InChI=1S/C48H88O4/c1-3-5-7-9-11-13-15-17-18-19-20-21-22-23-24-25-27-29-31-37-41-45-48(51)52-46(43-39-35-32-33-36-40-44-47(49)50)42-38-34-30-28-26-16-14-12-10-8-6-4-2/h11,13,17-18,23-24,46H,3-10,12,14-16,19-22,25-45H2,1-2H3,(H,49,50)/b13-11-,18-17-,24-23-. The molecule has 0 saturated carbocycles. The third kappa shape index (κ3) is 42.6. The maximum absolute atomic E-state index is 12.7. The second-order valence-electron chi connectivity index (χ2n) is 15.6. The molecular weight excluding hydrogens is 641 g/mol. The van der Waals surface area contributed by atoms with E-state index in [9.17, 15) is 9.59 Å². The van der Waals surface area contributed by atoms with Gasteiger partial charge in [0.2, 0.25) is 0 Å². The summed E-state index contributed by atoms with van der Waals surface area (Å²) in [6.45, 7) is 4.54. The van der Waals surface area contributed by atoms with Crippen LogP contribution in [0.4, 0.5) is 0 Å². The second-order valence-corrected chi connectivity index (χ2v) is 15.6. The van der Waals surface area contributed by atoms with Crippen LogP contribution in [-0.2, 0) is 14.3 Å². The number of carboxylic acid groups (broad SMARTS) is 1. The number of allylic oxidation sites excluding steroid dienone is 6. The molecule has 1 atom stereocenters. The van der Waals surface area contributed by atoms with E-state index in [-0.39, 0.29) is 18.5 Å². The zero-order chi connectivity index (χ0) is 37.8. The summed E-state index contributed by atoms with van der Waals surface area (Å²) in [7, 11) is 0. The molecule has 4 heteroatoms. The first-order valence-electron chi connectivity index (χ1n) is 23.0. The lowest BCUT2D eigenvalue weighted by Gasteiger charge is -2.18. The SMILES string of the molecule is CCCCC/C=C\C/C=C\CCCC/C=C\CCCCCCCC(=O)OC(CCCCCCCCCCCCCC)CCCCCCCCC(=O)O. The Balaban J connectivity index is 4.00. The molecule has 0 saturated heterocycles. The molecule has 0 aliphatic rings. The first-order chi connectivity index (χ1) is 25.6. The van der Waals surface area contributed by atoms with Crippen LogP contribution in [0.1, 0.15) is 251 Å². The van der Waals surface area contributed by atoms with Gasteiger partial charge in [-0.25, -0.2) is 0 Å². The number of rotatable bonds is 42. The maximum Gasteiger partial charge on any atom is 0.306 e. The molecule has 1 N–H and O–H groups in total. The molecule has 0 rings (SSSR count). The maximum atomic E-state index is 12.7. The molecule has 0 aliphatic heterocycles. The van der Waals surface area contributed by atoms with Crippen molar-refractivity contribution in [3.05, 3.63) is 36.5 Å². The van der Waals surface area contributed by atoms with Gasteiger partial charge in [0.1, 0.15) is 6.10 Å². The average Bonchev–Trinajstić information content (AvgIpc) is 3.13. The van der Waals surface area contributed by atoms with E-state index in [0.29, 0.717) is 6.42 Å². The van der Waals surface area contributed by atoms with E-state index in [1.54, 1.807) is 0 Å². The van der Waals surface area contributed by atoms with Gasteiger partial charge in [-0.3, -0.25) is 9.59 Å². The van der Waals surface area contributed by atoms with Crippen molar-refractivity contribution in [3.63, 3.8) is 0 Å². The van der Waals surface area contributed by atoms with E-state index in [2.05, 4.69) is 50.3 Å². The molecule has 4 nitrogen and oxygen atoms in total. The molecule has 1 unspecified atom stereocenters. The number of ether oxygens (including phenoxy) is 1. The fourth-order valence-corrected chi connectivity index (χ4v) is 6.92. The number of hydrogen-bond donors (Lipinski definition) is 1. The minimum atomic E-state index is -0.692. The number of carbonyl (C=O) groups excluding carboxylic acids is 1. The molecule has 304 valence electrons. The van der Waals surface area contributed by atoms with Gasteiger partial charge in [0.05, 0.1) is 0 Å². The van der Waals surface area contributed by atoms with Gasteiger partial charge in [0.15, 0.2) is 0 Å². The summed E-state index contributed by atoms with van der Waals surface area (Å²) in [4.78, 5) is 23.5. The van der Waals surface area contributed by atoms with Crippen LogP contribution < -0.4 is 0 Å². The van der Waals surface area contributed by atoms with Gasteiger partial charge in [-0.05, 0) is 96.3 Å². The van der Waals surface area contributed by atoms with Crippen molar-refractivity contribution in [2.75, 3.05) is 0 Å². The molecular formula is C48H88O4. The second kappa shape index (κ2) is 43.6. The van der Waals surface area contributed by atoms with Gasteiger partial charge in [0, 0.05) is 12.8 Å². The Morgan fingerprint density at radius 2 is 0.750 bits per heavy atom. The molecule has 0 radical (unpaired) electrons. The van der Waals surface area contributed by atoms with Crippen molar-refractivity contribution in [1.82, 2.24) is 0 Å². The van der Waals surface area contributed by atoms with Gasteiger partial charge in [0.25, 0.3) is 0 Å².